The maximum atomic E-state index is 12.1. The van der Waals surface area contributed by atoms with E-state index in [-0.39, 0.29) is 11.7 Å². The van der Waals surface area contributed by atoms with Gasteiger partial charge in [0.1, 0.15) is 0 Å². The molecule has 0 saturated carbocycles. The molecule has 3 nitrogen and oxygen atoms in total. The summed E-state index contributed by atoms with van der Waals surface area (Å²) in [5, 5.41) is 3.51. The molecule has 0 aromatic heterocycles. The van der Waals surface area contributed by atoms with Gasteiger partial charge in [-0.1, -0.05) is 35.9 Å². The van der Waals surface area contributed by atoms with E-state index in [0.717, 1.165) is 21.7 Å². The van der Waals surface area contributed by atoms with Gasteiger partial charge in [0.2, 0.25) is 5.91 Å². The first-order chi connectivity index (χ1) is 9.99. The SMILES string of the molecule is Cc1cccc(C)c1NC(=O)CSc1c(N)cccc1Cl. The summed E-state index contributed by atoms with van der Waals surface area (Å²) >= 11 is 7.43. The van der Waals surface area contributed by atoms with Crippen LogP contribution in [-0.2, 0) is 4.79 Å². The van der Waals surface area contributed by atoms with Crippen molar-refractivity contribution in [3.63, 3.8) is 0 Å². The molecule has 0 aliphatic carbocycles. The predicted octanol–water partition coefficient (Wildman–Crippen LogP) is 4.27. The Morgan fingerprint density at radius 3 is 2.43 bits per heavy atom. The van der Waals surface area contributed by atoms with Crippen LogP contribution in [0.15, 0.2) is 41.3 Å². The largest absolute Gasteiger partial charge is 0.398 e. The van der Waals surface area contributed by atoms with Crippen LogP contribution in [0.25, 0.3) is 0 Å². The van der Waals surface area contributed by atoms with Crippen molar-refractivity contribution >= 4 is 40.6 Å². The molecule has 0 spiro atoms. The fourth-order valence-electron chi connectivity index (χ4n) is 2.00. The van der Waals surface area contributed by atoms with Crippen molar-refractivity contribution in [3.8, 4) is 0 Å². The summed E-state index contributed by atoms with van der Waals surface area (Å²) in [5.41, 5.74) is 9.43. The van der Waals surface area contributed by atoms with Gasteiger partial charge in [0.05, 0.1) is 10.8 Å². The quantitative estimate of drug-likeness (QED) is 0.653. The molecule has 21 heavy (non-hydrogen) atoms. The van der Waals surface area contributed by atoms with Crippen LogP contribution in [0.3, 0.4) is 0 Å². The summed E-state index contributed by atoms with van der Waals surface area (Å²) in [5.74, 6) is 0.193. The van der Waals surface area contributed by atoms with E-state index in [0.29, 0.717) is 10.7 Å². The van der Waals surface area contributed by atoms with E-state index < -0.39 is 0 Å². The molecule has 0 aliphatic rings. The van der Waals surface area contributed by atoms with Crippen LogP contribution in [0.5, 0.6) is 0 Å². The van der Waals surface area contributed by atoms with Crippen LogP contribution in [0.4, 0.5) is 11.4 Å². The number of carbonyl (C=O) groups is 1. The minimum absolute atomic E-state index is 0.0725. The Morgan fingerprint density at radius 1 is 1.19 bits per heavy atom. The highest BCUT2D eigenvalue weighted by atomic mass is 35.5. The number of hydrogen-bond acceptors (Lipinski definition) is 3. The zero-order valence-corrected chi connectivity index (χ0v) is 13.5. The van der Waals surface area contributed by atoms with Gasteiger partial charge in [0, 0.05) is 16.3 Å². The van der Waals surface area contributed by atoms with E-state index in [2.05, 4.69) is 5.32 Å². The Kier molecular flexibility index (Phi) is 5.15. The van der Waals surface area contributed by atoms with E-state index in [1.165, 1.54) is 11.8 Å². The summed E-state index contributed by atoms with van der Waals surface area (Å²) < 4.78 is 0. The molecule has 0 unspecified atom stereocenters. The molecule has 2 rings (SSSR count). The molecule has 0 fully saturated rings. The summed E-state index contributed by atoms with van der Waals surface area (Å²) in [6, 6.07) is 11.3. The number of aryl methyl sites for hydroxylation is 2. The molecule has 5 heteroatoms. The zero-order valence-electron chi connectivity index (χ0n) is 11.9. The van der Waals surface area contributed by atoms with Crippen LogP contribution in [0.2, 0.25) is 5.02 Å². The Labute approximate surface area is 133 Å². The monoisotopic (exact) mass is 320 g/mol. The highest BCUT2D eigenvalue weighted by Gasteiger charge is 2.10. The molecule has 0 atom stereocenters. The van der Waals surface area contributed by atoms with Crippen molar-refractivity contribution in [2.45, 2.75) is 18.7 Å². The van der Waals surface area contributed by atoms with Crippen molar-refractivity contribution in [2.24, 2.45) is 0 Å². The van der Waals surface area contributed by atoms with Crippen molar-refractivity contribution in [2.75, 3.05) is 16.8 Å². The lowest BCUT2D eigenvalue weighted by atomic mass is 10.1. The van der Waals surface area contributed by atoms with Crippen LogP contribution in [0, 0.1) is 13.8 Å². The smallest absolute Gasteiger partial charge is 0.234 e. The first-order valence-electron chi connectivity index (χ1n) is 6.52. The van der Waals surface area contributed by atoms with Crippen LogP contribution < -0.4 is 11.1 Å². The Bertz CT molecular complexity index is 633. The number of nitrogens with one attached hydrogen (secondary N) is 1. The fourth-order valence-corrected chi connectivity index (χ4v) is 3.14. The van der Waals surface area contributed by atoms with Crippen molar-refractivity contribution in [1.29, 1.82) is 0 Å². The average Bonchev–Trinajstić information content (AvgIpc) is 2.42. The molecule has 0 bridgehead atoms. The van der Waals surface area contributed by atoms with Crippen molar-refractivity contribution < 1.29 is 4.79 Å². The molecule has 2 aromatic rings. The molecule has 0 saturated heterocycles. The average molecular weight is 321 g/mol. The van der Waals surface area contributed by atoms with E-state index in [9.17, 15) is 4.79 Å². The third kappa shape index (κ3) is 3.93. The van der Waals surface area contributed by atoms with Gasteiger partial charge >= 0.3 is 0 Å². The summed E-state index contributed by atoms with van der Waals surface area (Å²) in [6.45, 7) is 3.95. The lowest BCUT2D eigenvalue weighted by Gasteiger charge is -2.12. The number of nitrogen functional groups attached to an aromatic ring is 1. The molecule has 110 valence electrons. The summed E-state index contributed by atoms with van der Waals surface area (Å²) in [7, 11) is 0. The van der Waals surface area contributed by atoms with E-state index in [1.807, 2.05) is 32.0 Å². The first-order valence-corrected chi connectivity index (χ1v) is 7.88. The molecular formula is C16H17ClN2OS. The molecular weight excluding hydrogens is 304 g/mol. The molecule has 3 N–H and O–H groups in total. The predicted molar refractivity (Wildman–Crippen MR) is 91.1 cm³/mol. The van der Waals surface area contributed by atoms with Gasteiger partial charge in [0.25, 0.3) is 0 Å². The Balaban J connectivity index is 2.03. The Hall–Kier alpha value is -1.65. The van der Waals surface area contributed by atoms with Crippen molar-refractivity contribution in [3.05, 3.63) is 52.5 Å². The standard InChI is InChI=1S/C16H17ClN2OS/c1-10-5-3-6-11(2)15(10)19-14(20)9-21-16-12(17)7-4-8-13(16)18/h3-8H,9,18H2,1-2H3,(H,19,20). The summed E-state index contributed by atoms with van der Waals surface area (Å²) in [4.78, 5) is 12.8. The van der Waals surface area contributed by atoms with Gasteiger partial charge in [-0.05, 0) is 37.1 Å². The fraction of sp³-hybridized carbons (Fsp3) is 0.188. The zero-order chi connectivity index (χ0) is 15.4. The third-order valence-corrected chi connectivity index (χ3v) is 4.67. The van der Waals surface area contributed by atoms with Gasteiger partial charge in [-0.25, -0.2) is 0 Å². The minimum Gasteiger partial charge on any atom is -0.398 e. The normalized spacial score (nSPS) is 10.4. The lowest BCUT2D eigenvalue weighted by Crippen LogP contribution is -2.15. The second kappa shape index (κ2) is 6.87. The second-order valence-electron chi connectivity index (χ2n) is 4.76. The third-order valence-electron chi connectivity index (χ3n) is 3.09. The molecule has 1 amide bonds. The number of para-hydroxylation sites is 1. The minimum atomic E-state index is -0.0725. The number of amides is 1. The van der Waals surface area contributed by atoms with Crippen LogP contribution >= 0.6 is 23.4 Å². The van der Waals surface area contributed by atoms with Gasteiger partial charge in [0.15, 0.2) is 0 Å². The number of anilines is 2. The van der Waals surface area contributed by atoms with Gasteiger partial charge in [-0.3, -0.25) is 4.79 Å². The van der Waals surface area contributed by atoms with E-state index >= 15 is 0 Å². The highest BCUT2D eigenvalue weighted by molar-refractivity contribution is 8.00. The van der Waals surface area contributed by atoms with E-state index in [1.54, 1.807) is 18.2 Å². The van der Waals surface area contributed by atoms with Crippen LogP contribution in [0.1, 0.15) is 11.1 Å². The van der Waals surface area contributed by atoms with Gasteiger partial charge in [-0.2, -0.15) is 0 Å². The maximum Gasteiger partial charge on any atom is 0.234 e. The number of halogens is 1. The Morgan fingerprint density at radius 2 is 1.81 bits per heavy atom. The number of carbonyl (C=O) groups excluding carboxylic acids is 1. The number of thioether (sulfide) groups is 1. The molecule has 0 radical (unpaired) electrons. The molecule has 0 aliphatic heterocycles. The highest BCUT2D eigenvalue weighted by Crippen LogP contribution is 2.32. The lowest BCUT2D eigenvalue weighted by molar-refractivity contribution is -0.113. The first kappa shape index (κ1) is 15.7. The maximum absolute atomic E-state index is 12.1. The van der Waals surface area contributed by atoms with Crippen molar-refractivity contribution in [1.82, 2.24) is 0 Å². The second-order valence-corrected chi connectivity index (χ2v) is 6.15. The number of nitrogens with two attached hydrogens (primary N) is 1. The van der Waals surface area contributed by atoms with Gasteiger partial charge in [-0.15, -0.1) is 11.8 Å². The van der Waals surface area contributed by atoms with Gasteiger partial charge < -0.3 is 11.1 Å². The summed E-state index contributed by atoms with van der Waals surface area (Å²) in [6.07, 6.45) is 0. The number of benzene rings is 2. The van der Waals surface area contributed by atoms with Crippen LogP contribution in [-0.4, -0.2) is 11.7 Å². The number of hydrogen-bond donors (Lipinski definition) is 2. The number of rotatable bonds is 4. The molecule has 0 heterocycles. The van der Waals surface area contributed by atoms with E-state index in [4.69, 9.17) is 17.3 Å². The molecule has 2 aromatic carbocycles. The topological polar surface area (TPSA) is 55.1 Å².